The van der Waals surface area contributed by atoms with Gasteiger partial charge in [0, 0.05) is 16.8 Å². The summed E-state index contributed by atoms with van der Waals surface area (Å²) in [5.41, 5.74) is 4.32. The fourth-order valence-corrected chi connectivity index (χ4v) is 2.19. The summed E-state index contributed by atoms with van der Waals surface area (Å²) in [5, 5.41) is 2.90. The monoisotopic (exact) mass is 291 g/mol. The summed E-state index contributed by atoms with van der Waals surface area (Å²) in [6.07, 6.45) is 5.47. The minimum atomic E-state index is -0.127. The number of carbonyl (C=O) groups excluding carboxylic acids is 1. The Morgan fingerprint density at radius 1 is 1.14 bits per heavy atom. The molecule has 0 radical (unpaired) electrons. The van der Waals surface area contributed by atoms with Gasteiger partial charge in [0.2, 0.25) is 0 Å². The maximum absolute atomic E-state index is 12.4. The SMILES string of the molecule is C#Cc1cc(NC(=O)c2cccc(C(C)(C)C)c2)ccc1C. The Kier molecular flexibility index (Phi) is 4.37. The van der Waals surface area contributed by atoms with Crippen LogP contribution in [0.3, 0.4) is 0 Å². The Hall–Kier alpha value is -2.53. The lowest BCUT2D eigenvalue weighted by molar-refractivity contribution is 0.102. The number of carbonyl (C=O) groups is 1. The van der Waals surface area contributed by atoms with Gasteiger partial charge in [-0.05, 0) is 47.7 Å². The van der Waals surface area contributed by atoms with E-state index in [4.69, 9.17) is 6.42 Å². The van der Waals surface area contributed by atoms with Crippen LogP contribution in [0.1, 0.15) is 47.8 Å². The number of hydrogen-bond acceptors (Lipinski definition) is 1. The van der Waals surface area contributed by atoms with E-state index in [2.05, 4.69) is 32.0 Å². The first-order chi connectivity index (χ1) is 10.3. The second kappa shape index (κ2) is 6.07. The van der Waals surface area contributed by atoms with Crippen LogP contribution in [0.4, 0.5) is 5.69 Å². The van der Waals surface area contributed by atoms with Crippen LogP contribution in [0.25, 0.3) is 0 Å². The van der Waals surface area contributed by atoms with E-state index in [0.29, 0.717) is 11.3 Å². The normalized spacial score (nSPS) is 10.9. The molecule has 112 valence electrons. The molecule has 2 aromatic rings. The number of aryl methyl sites for hydroxylation is 1. The summed E-state index contributed by atoms with van der Waals surface area (Å²) in [6, 6.07) is 13.3. The minimum Gasteiger partial charge on any atom is -0.322 e. The number of rotatable bonds is 2. The lowest BCUT2D eigenvalue weighted by atomic mass is 9.86. The van der Waals surface area contributed by atoms with Gasteiger partial charge < -0.3 is 5.32 Å². The fraction of sp³-hybridized carbons (Fsp3) is 0.250. The highest BCUT2D eigenvalue weighted by Crippen LogP contribution is 2.23. The Morgan fingerprint density at radius 3 is 2.50 bits per heavy atom. The maximum Gasteiger partial charge on any atom is 0.255 e. The summed E-state index contributed by atoms with van der Waals surface area (Å²) >= 11 is 0. The molecule has 0 aliphatic rings. The summed E-state index contributed by atoms with van der Waals surface area (Å²) in [6.45, 7) is 8.34. The molecule has 2 nitrogen and oxygen atoms in total. The van der Waals surface area contributed by atoms with Crippen molar-refractivity contribution in [2.24, 2.45) is 0 Å². The molecule has 0 saturated carbocycles. The summed E-state index contributed by atoms with van der Waals surface area (Å²) in [5.74, 6) is 2.50. The molecule has 2 aromatic carbocycles. The highest BCUT2D eigenvalue weighted by molar-refractivity contribution is 6.04. The predicted molar refractivity (Wildman–Crippen MR) is 92.2 cm³/mol. The van der Waals surface area contributed by atoms with Crippen LogP contribution in [-0.2, 0) is 5.41 Å². The molecule has 0 aromatic heterocycles. The van der Waals surface area contributed by atoms with E-state index in [9.17, 15) is 4.79 Å². The largest absolute Gasteiger partial charge is 0.322 e. The Labute approximate surface area is 132 Å². The van der Waals surface area contributed by atoms with E-state index in [1.807, 2.05) is 49.4 Å². The molecule has 0 fully saturated rings. The zero-order valence-electron chi connectivity index (χ0n) is 13.5. The van der Waals surface area contributed by atoms with Crippen molar-refractivity contribution in [3.8, 4) is 12.3 Å². The predicted octanol–water partition coefficient (Wildman–Crippen LogP) is 4.53. The smallest absolute Gasteiger partial charge is 0.255 e. The molecule has 0 spiro atoms. The van der Waals surface area contributed by atoms with Gasteiger partial charge in [-0.25, -0.2) is 0 Å². The van der Waals surface area contributed by atoms with Crippen molar-refractivity contribution < 1.29 is 4.79 Å². The summed E-state index contributed by atoms with van der Waals surface area (Å²) < 4.78 is 0. The first kappa shape index (κ1) is 15.9. The van der Waals surface area contributed by atoms with Crippen molar-refractivity contribution in [3.05, 3.63) is 64.7 Å². The highest BCUT2D eigenvalue weighted by Gasteiger charge is 2.15. The van der Waals surface area contributed by atoms with Crippen molar-refractivity contribution in [2.45, 2.75) is 33.1 Å². The minimum absolute atomic E-state index is 0.0107. The second-order valence-corrected chi connectivity index (χ2v) is 6.46. The maximum atomic E-state index is 12.4. The number of nitrogens with one attached hydrogen (secondary N) is 1. The molecule has 1 N–H and O–H groups in total. The van der Waals surface area contributed by atoms with Gasteiger partial charge >= 0.3 is 0 Å². The molecule has 0 heterocycles. The molecular formula is C20H21NO. The lowest BCUT2D eigenvalue weighted by Gasteiger charge is -2.19. The molecule has 2 rings (SSSR count). The fourth-order valence-electron chi connectivity index (χ4n) is 2.19. The number of hydrogen-bond donors (Lipinski definition) is 1. The number of amides is 1. The highest BCUT2D eigenvalue weighted by atomic mass is 16.1. The number of anilines is 1. The van der Waals surface area contributed by atoms with E-state index in [1.54, 1.807) is 0 Å². The van der Waals surface area contributed by atoms with Gasteiger partial charge in [-0.15, -0.1) is 6.42 Å². The molecule has 0 aliphatic heterocycles. The zero-order valence-corrected chi connectivity index (χ0v) is 13.5. The van der Waals surface area contributed by atoms with Crippen molar-refractivity contribution in [2.75, 3.05) is 5.32 Å². The van der Waals surface area contributed by atoms with E-state index >= 15 is 0 Å². The topological polar surface area (TPSA) is 29.1 Å². The first-order valence-electron chi connectivity index (χ1n) is 7.30. The Bertz CT molecular complexity index is 745. The molecular weight excluding hydrogens is 270 g/mol. The van der Waals surface area contributed by atoms with Gasteiger partial charge in [0.1, 0.15) is 0 Å². The standard InChI is InChI=1S/C20H21NO/c1-6-15-13-18(11-10-14(15)2)21-19(22)16-8-7-9-17(12-16)20(3,4)5/h1,7-13H,2-5H3,(H,21,22). The zero-order chi connectivity index (χ0) is 16.3. The van der Waals surface area contributed by atoms with Gasteiger partial charge in [-0.1, -0.05) is 44.9 Å². The third-order valence-electron chi connectivity index (χ3n) is 3.64. The molecule has 0 aliphatic carbocycles. The van der Waals surface area contributed by atoms with Crippen molar-refractivity contribution in [3.63, 3.8) is 0 Å². The van der Waals surface area contributed by atoms with E-state index in [-0.39, 0.29) is 11.3 Å². The molecule has 2 heteroatoms. The van der Waals surface area contributed by atoms with Crippen LogP contribution in [-0.4, -0.2) is 5.91 Å². The van der Waals surface area contributed by atoms with E-state index in [0.717, 1.165) is 16.7 Å². The van der Waals surface area contributed by atoms with Gasteiger partial charge in [0.25, 0.3) is 5.91 Å². The van der Waals surface area contributed by atoms with Gasteiger partial charge in [-0.2, -0.15) is 0 Å². The first-order valence-corrected chi connectivity index (χ1v) is 7.30. The number of terminal acetylenes is 1. The number of benzene rings is 2. The molecule has 0 unspecified atom stereocenters. The van der Waals surface area contributed by atoms with Crippen LogP contribution in [0.15, 0.2) is 42.5 Å². The van der Waals surface area contributed by atoms with Crippen LogP contribution < -0.4 is 5.32 Å². The van der Waals surface area contributed by atoms with Crippen molar-refractivity contribution in [1.82, 2.24) is 0 Å². The Morgan fingerprint density at radius 2 is 1.86 bits per heavy atom. The molecule has 0 saturated heterocycles. The van der Waals surface area contributed by atoms with Crippen LogP contribution in [0.5, 0.6) is 0 Å². The third kappa shape index (κ3) is 3.56. The van der Waals surface area contributed by atoms with Gasteiger partial charge in [-0.3, -0.25) is 4.79 Å². The molecule has 0 bridgehead atoms. The van der Waals surface area contributed by atoms with Crippen LogP contribution in [0.2, 0.25) is 0 Å². The lowest BCUT2D eigenvalue weighted by Crippen LogP contribution is -2.15. The van der Waals surface area contributed by atoms with Crippen molar-refractivity contribution >= 4 is 11.6 Å². The van der Waals surface area contributed by atoms with Gasteiger partial charge in [0.15, 0.2) is 0 Å². The Balaban J connectivity index is 2.25. The average Bonchev–Trinajstić information content (AvgIpc) is 2.48. The van der Waals surface area contributed by atoms with Gasteiger partial charge in [0.05, 0.1) is 0 Å². The van der Waals surface area contributed by atoms with Crippen LogP contribution in [0, 0.1) is 19.3 Å². The van der Waals surface area contributed by atoms with E-state index < -0.39 is 0 Å². The van der Waals surface area contributed by atoms with Crippen molar-refractivity contribution in [1.29, 1.82) is 0 Å². The quantitative estimate of drug-likeness (QED) is 0.809. The van der Waals surface area contributed by atoms with Crippen LogP contribution >= 0.6 is 0 Å². The van der Waals surface area contributed by atoms with E-state index in [1.165, 1.54) is 0 Å². The average molecular weight is 291 g/mol. The summed E-state index contributed by atoms with van der Waals surface area (Å²) in [4.78, 5) is 12.4. The molecule has 0 atom stereocenters. The second-order valence-electron chi connectivity index (χ2n) is 6.46. The molecule has 1 amide bonds. The summed E-state index contributed by atoms with van der Waals surface area (Å²) in [7, 11) is 0. The molecule has 22 heavy (non-hydrogen) atoms. The third-order valence-corrected chi connectivity index (χ3v) is 3.64.